The van der Waals surface area contributed by atoms with E-state index in [0.29, 0.717) is 60.0 Å². The molecule has 2 fully saturated rings. The van der Waals surface area contributed by atoms with E-state index in [2.05, 4.69) is 10.3 Å². The van der Waals surface area contributed by atoms with Crippen molar-refractivity contribution in [3.05, 3.63) is 63.0 Å². The fourth-order valence-corrected chi connectivity index (χ4v) is 7.47. The molecule has 0 amide bonds. The first kappa shape index (κ1) is 36.0. The highest BCUT2D eigenvalue weighted by Gasteiger charge is 2.59. The number of esters is 2. The summed E-state index contributed by atoms with van der Waals surface area (Å²) in [6.45, 7) is 13.0. The van der Waals surface area contributed by atoms with E-state index in [1.807, 2.05) is 39.5 Å². The van der Waals surface area contributed by atoms with E-state index >= 15 is 8.78 Å². The van der Waals surface area contributed by atoms with Crippen molar-refractivity contribution in [1.82, 2.24) is 20.1 Å². The van der Waals surface area contributed by atoms with Crippen molar-refractivity contribution < 1.29 is 32.2 Å². The summed E-state index contributed by atoms with van der Waals surface area (Å²) >= 11 is 1.34. The Hall–Kier alpha value is -3.29. The van der Waals surface area contributed by atoms with E-state index in [9.17, 15) is 14.0 Å². The van der Waals surface area contributed by atoms with Gasteiger partial charge in [-0.1, -0.05) is 12.1 Å². The van der Waals surface area contributed by atoms with Crippen molar-refractivity contribution in [3.63, 3.8) is 0 Å². The predicted octanol–water partition coefficient (Wildman–Crippen LogP) is 6.04. The molecule has 3 aliphatic heterocycles. The van der Waals surface area contributed by atoms with Crippen LogP contribution in [0.2, 0.25) is 0 Å². The van der Waals surface area contributed by atoms with Crippen LogP contribution in [0.3, 0.4) is 0 Å². The normalized spacial score (nSPS) is 23.1. The second-order valence-electron chi connectivity index (χ2n) is 14.4. The number of alkyl halides is 2. The standard InChI is InChI=1S/C35H46F3N5O4S/c1-8-46-31(44)26-24(40-29(30-39-15-18-48-30)41-27(26)22-11-9-12-23(36)21(22)2)19-43-20-35(37,38)28-25(43)13-17-42(28)16-10-14-34(6,7)32(45)47-33(3,4)5/h9,11-12,15,18,25,27-28H,8,10,13-14,16-17,19-20H2,1-7H3,(H,40,41)/t25-,27-,28+/m0/s1. The fraction of sp³-hybridized carbons (Fsp3) is 0.600. The molecule has 3 aliphatic rings. The van der Waals surface area contributed by atoms with Gasteiger partial charge in [0.1, 0.15) is 17.5 Å². The lowest BCUT2D eigenvalue weighted by Crippen LogP contribution is -2.46. The van der Waals surface area contributed by atoms with E-state index in [0.717, 1.165) is 0 Å². The zero-order valence-corrected chi connectivity index (χ0v) is 29.6. The van der Waals surface area contributed by atoms with E-state index in [-0.39, 0.29) is 24.7 Å². The zero-order valence-electron chi connectivity index (χ0n) is 28.7. The van der Waals surface area contributed by atoms with Gasteiger partial charge in [-0.25, -0.2) is 22.9 Å². The van der Waals surface area contributed by atoms with E-state index in [1.165, 1.54) is 17.4 Å². The highest BCUT2D eigenvalue weighted by Crippen LogP contribution is 2.43. The fourth-order valence-electron chi connectivity index (χ4n) is 6.88. The lowest BCUT2D eigenvalue weighted by molar-refractivity contribution is -0.166. The summed E-state index contributed by atoms with van der Waals surface area (Å²) in [4.78, 5) is 39.1. The highest BCUT2D eigenvalue weighted by atomic mass is 32.1. The highest BCUT2D eigenvalue weighted by molar-refractivity contribution is 7.11. The lowest BCUT2D eigenvalue weighted by atomic mass is 9.87. The molecule has 0 saturated carbocycles. The van der Waals surface area contributed by atoms with E-state index in [1.54, 1.807) is 42.5 Å². The number of carbonyl (C=O) groups excluding carboxylic acids is 2. The number of rotatable bonds is 11. The Bertz CT molecular complexity index is 1570. The molecule has 1 aromatic heterocycles. The quantitative estimate of drug-likeness (QED) is 0.286. The number of ether oxygens (including phenoxy) is 2. The molecule has 13 heteroatoms. The number of benzene rings is 1. The number of likely N-dealkylation sites (tertiary alicyclic amines) is 2. The van der Waals surface area contributed by atoms with Gasteiger partial charge in [-0.3, -0.25) is 19.6 Å². The van der Waals surface area contributed by atoms with Crippen molar-refractivity contribution in [2.45, 2.75) is 97.4 Å². The Labute approximate surface area is 284 Å². The number of aliphatic imine (C=N–C) groups is 1. The molecule has 0 spiro atoms. The summed E-state index contributed by atoms with van der Waals surface area (Å²) in [5, 5.41) is 5.59. The van der Waals surface area contributed by atoms with Crippen molar-refractivity contribution in [3.8, 4) is 0 Å². The van der Waals surface area contributed by atoms with Crippen LogP contribution in [-0.2, 0) is 19.1 Å². The third kappa shape index (κ3) is 7.63. The second-order valence-corrected chi connectivity index (χ2v) is 15.3. The monoisotopic (exact) mass is 689 g/mol. The maximum atomic E-state index is 15.9. The van der Waals surface area contributed by atoms with Crippen LogP contribution in [0, 0.1) is 18.2 Å². The van der Waals surface area contributed by atoms with Crippen LogP contribution in [-0.4, -0.2) is 89.0 Å². The average Bonchev–Trinajstić information content (AvgIpc) is 3.73. The SMILES string of the molecule is CCOC(=O)C1=C(CN2CC(F)(F)[C@H]3[C@@H]2CCN3CCCC(C)(C)C(=O)OC(C)(C)C)NC(c2nccs2)=N[C@H]1c1cccc(F)c1C. The number of nitrogens with zero attached hydrogens (tertiary/aromatic N) is 4. The van der Waals surface area contributed by atoms with Crippen LogP contribution in [0.1, 0.15) is 83.0 Å². The maximum absolute atomic E-state index is 15.9. The summed E-state index contributed by atoms with van der Waals surface area (Å²) in [7, 11) is 0. The zero-order chi connectivity index (χ0) is 35.0. The van der Waals surface area contributed by atoms with Crippen LogP contribution >= 0.6 is 11.3 Å². The summed E-state index contributed by atoms with van der Waals surface area (Å²) in [6, 6.07) is 2.22. The molecule has 3 atom stereocenters. The van der Waals surface area contributed by atoms with Crippen molar-refractivity contribution >= 4 is 29.1 Å². The van der Waals surface area contributed by atoms with Gasteiger partial charge in [-0.05, 0) is 91.5 Å². The maximum Gasteiger partial charge on any atom is 0.338 e. The molecule has 1 N–H and O–H groups in total. The number of halogens is 3. The van der Waals surface area contributed by atoms with Gasteiger partial charge in [-0.15, -0.1) is 11.3 Å². The van der Waals surface area contributed by atoms with Crippen LogP contribution < -0.4 is 5.32 Å². The van der Waals surface area contributed by atoms with Crippen molar-refractivity contribution in [1.29, 1.82) is 0 Å². The Balaban J connectivity index is 1.40. The van der Waals surface area contributed by atoms with Crippen molar-refractivity contribution in [2.75, 3.05) is 32.8 Å². The van der Waals surface area contributed by atoms with Gasteiger partial charge in [0.25, 0.3) is 5.92 Å². The van der Waals surface area contributed by atoms with Crippen LogP contribution in [0.4, 0.5) is 13.2 Å². The molecule has 0 radical (unpaired) electrons. The molecule has 48 heavy (non-hydrogen) atoms. The minimum Gasteiger partial charge on any atom is -0.463 e. The number of thiazole rings is 1. The minimum atomic E-state index is -3.01. The first-order valence-electron chi connectivity index (χ1n) is 16.5. The third-order valence-corrected chi connectivity index (χ3v) is 9.99. The minimum absolute atomic E-state index is 0.0136. The van der Waals surface area contributed by atoms with Crippen LogP contribution in [0.15, 0.2) is 46.0 Å². The molecule has 9 nitrogen and oxygen atoms in total. The molecule has 0 bridgehead atoms. The molecule has 262 valence electrons. The molecule has 0 unspecified atom stereocenters. The van der Waals surface area contributed by atoms with Gasteiger partial charge < -0.3 is 14.8 Å². The second kappa shape index (κ2) is 13.9. The molecule has 4 heterocycles. The van der Waals surface area contributed by atoms with Gasteiger partial charge in [0, 0.05) is 36.4 Å². The van der Waals surface area contributed by atoms with Gasteiger partial charge in [0.2, 0.25) is 0 Å². The van der Waals surface area contributed by atoms with E-state index < -0.39 is 53.4 Å². The van der Waals surface area contributed by atoms with Gasteiger partial charge >= 0.3 is 11.9 Å². The van der Waals surface area contributed by atoms with Crippen molar-refractivity contribution in [2.24, 2.45) is 10.4 Å². The molecule has 1 aromatic carbocycles. The molecular formula is C35H46F3N5O4S. The van der Waals surface area contributed by atoms with Crippen LogP contribution in [0.5, 0.6) is 0 Å². The molecule has 2 saturated heterocycles. The van der Waals surface area contributed by atoms with Gasteiger partial charge in [0.15, 0.2) is 10.8 Å². The Morgan fingerprint density at radius 1 is 1.17 bits per heavy atom. The number of hydrogen-bond donors (Lipinski definition) is 1. The Kier molecular flexibility index (Phi) is 10.4. The molecular weight excluding hydrogens is 643 g/mol. The first-order valence-corrected chi connectivity index (χ1v) is 17.4. The van der Waals surface area contributed by atoms with E-state index in [4.69, 9.17) is 14.5 Å². The summed E-state index contributed by atoms with van der Waals surface area (Å²) in [5.74, 6) is -4.01. The van der Waals surface area contributed by atoms with Gasteiger partial charge in [0.05, 0.1) is 30.2 Å². The summed E-state index contributed by atoms with van der Waals surface area (Å²) < 4.78 is 57.6. The predicted molar refractivity (Wildman–Crippen MR) is 178 cm³/mol. The lowest BCUT2D eigenvalue weighted by Gasteiger charge is -2.31. The number of aromatic nitrogens is 1. The largest absolute Gasteiger partial charge is 0.463 e. The molecule has 2 aromatic rings. The number of fused-ring (bicyclic) bond motifs is 1. The number of carbonyl (C=O) groups is 2. The smallest absolute Gasteiger partial charge is 0.338 e. The first-order chi connectivity index (χ1) is 22.5. The number of hydrogen-bond acceptors (Lipinski definition) is 10. The summed E-state index contributed by atoms with van der Waals surface area (Å²) in [5.41, 5.74) is 0.0177. The average molecular weight is 690 g/mol. The Morgan fingerprint density at radius 2 is 1.92 bits per heavy atom. The topological polar surface area (TPSA) is 96.4 Å². The number of amidine groups is 1. The number of nitrogens with one attached hydrogen (secondary N) is 1. The summed E-state index contributed by atoms with van der Waals surface area (Å²) in [6.07, 6.45) is 3.22. The molecule has 0 aliphatic carbocycles. The molecule has 5 rings (SSSR count). The Morgan fingerprint density at radius 3 is 2.58 bits per heavy atom. The third-order valence-electron chi connectivity index (χ3n) is 9.21. The van der Waals surface area contributed by atoms with Gasteiger partial charge in [-0.2, -0.15) is 0 Å². The van der Waals surface area contributed by atoms with Crippen LogP contribution in [0.25, 0.3) is 0 Å².